The van der Waals surface area contributed by atoms with Gasteiger partial charge in [0, 0.05) is 13.1 Å². The third kappa shape index (κ3) is 6.92. The fraction of sp³-hybridized carbons (Fsp3) is 0.800. The normalized spacial score (nSPS) is 13.9. The van der Waals surface area contributed by atoms with Gasteiger partial charge in [-0.05, 0) is 11.8 Å². The number of hydrogen-bond donors (Lipinski definition) is 6. The van der Waals surface area contributed by atoms with Crippen molar-refractivity contribution in [1.29, 1.82) is 10.8 Å². The van der Waals surface area contributed by atoms with Gasteiger partial charge in [-0.2, -0.15) is 0 Å². The molecule has 1 unspecified atom stereocenters. The Labute approximate surface area is 97.2 Å². The average molecular weight is 228 g/mol. The van der Waals surface area contributed by atoms with E-state index in [9.17, 15) is 0 Å². The second kappa shape index (κ2) is 7.78. The molecule has 0 spiro atoms. The van der Waals surface area contributed by atoms with Crippen LogP contribution in [0.1, 0.15) is 26.7 Å². The molecule has 94 valence electrons. The molecule has 0 fully saturated rings. The molecule has 0 saturated heterocycles. The molecule has 0 heterocycles. The molecule has 0 bridgehead atoms. The lowest BCUT2D eigenvalue weighted by molar-refractivity contribution is 0.331. The van der Waals surface area contributed by atoms with Crippen LogP contribution in [0, 0.1) is 22.7 Å². The number of rotatable bonds is 7. The van der Waals surface area contributed by atoms with Crippen molar-refractivity contribution in [1.82, 2.24) is 10.6 Å². The molecule has 0 saturated carbocycles. The summed E-state index contributed by atoms with van der Waals surface area (Å²) in [5.41, 5.74) is 10.5. The molecule has 0 aromatic heterocycles. The Morgan fingerprint density at radius 2 is 1.56 bits per heavy atom. The van der Waals surface area contributed by atoms with Crippen molar-refractivity contribution < 1.29 is 0 Å². The molecule has 16 heavy (non-hydrogen) atoms. The zero-order valence-corrected chi connectivity index (χ0v) is 10.1. The van der Waals surface area contributed by atoms with E-state index in [1.54, 1.807) is 0 Å². The predicted molar refractivity (Wildman–Crippen MR) is 67.4 cm³/mol. The van der Waals surface area contributed by atoms with Crippen molar-refractivity contribution in [2.45, 2.75) is 26.7 Å². The van der Waals surface area contributed by atoms with E-state index in [0.29, 0.717) is 24.9 Å². The minimum atomic E-state index is -0.0171. The van der Waals surface area contributed by atoms with Crippen molar-refractivity contribution >= 4 is 11.9 Å². The number of nitrogens with one attached hydrogen (secondary N) is 4. The summed E-state index contributed by atoms with van der Waals surface area (Å²) < 4.78 is 0. The summed E-state index contributed by atoms with van der Waals surface area (Å²) in [6.45, 7) is 5.58. The first-order chi connectivity index (χ1) is 7.47. The van der Waals surface area contributed by atoms with Gasteiger partial charge in [0.25, 0.3) is 0 Å². The molecule has 6 heteroatoms. The molecular formula is C10H24N6. The monoisotopic (exact) mass is 228 g/mol. The van der Waals surface area contributed by atoms with Gasteiger partial charge >= 0.3 is 0 Å². The van der Waals surface area contributed by atoms with Crippen molar-refractivity contribution in [2.24, 2.45) is 23.3 Å². The second-order valence-electron chi connectivity index (χ2n) is 4.12. The van der Waals surface area contributed by atoms with Crippen LogP contribution in [-0.2, 0) is 0 Å². The largest absolute Gasteiger partial charge is 0.370 e. The van der Waals surface area contributed by atoms with Crippen LogP contribution in [0.4, 0.5) is 0 Å². The molecular weight excluding hydrogens is 204 g/mol. The highest BCUT2D eigenvalue weighted by Gasteiger charge is 2.16. The first kappa shape index (κ1) is 14.5. The lowest BCUT2D eigenvalue weighted by Gasteiger charge is -2.24. The van der Waals surface area contributed by atoms with E-state index in [4.69, 9.17) is 22.3 Å². The van der Waals surface area contributed by atoms with E-state index in [-0.39, 0.29) is 11.9 Å². The highest BCUT2D eigenvalue weighted by atomic mass is 15.1. The summed E-state index contributed by atoms with van der Waals surface area (Å²) in [6, 6.07) is 0. The maximum absolute atomic E-state index is 7.13. The van der Waals surface area contributed by atoms with Gasteiger partial charge in [-0.25, -0.2) is 0 Å². The van der Waals surface area contributed by atoms with Gasteiger partial charge in [-0.3, -0.25) is 10.8 Å². The first-order valence-electron chi connectivity index (χ1n) is 5.63. The Hall–Kier alpha value is -1.46. The Balaban J connectivity index is 4.13. The van der Waals surface area contributed by atoms with Crippen molar-refractivity contribution in [3.63, 3.8) is 0 Å². The molecule has 8 N–H and O–H groups in total. The van der Waals surface area contributed by atoms with E-state index in [1.807, 2.05) is 0 Å². The fourth-order valence-electron chi connectivity index (χ4n) is 1.65. The van der Waals surface area contributed by atoms with Crippen molar-refractivity contribution in [2.75, 3.05) is 13.1 Å². The van der Waals surface area contributed by atoms with Crippen LogP contribution in [-0.4, -0.2) is 25.0 Å². The summed E-state index contributed by atoms with van der Waals surface area (Å²) in [7, 11) is 0. The topological polar surface area (TPSA) is 124 Å². The third-order valence-electron chi connectivity index (χ3n) is 2.66. The lowest BCUT2D eigenvalue weighted by atomic mass is 9.90. The minimum Gasteiger partial charge on any atom is -0.370 e. The standard InChI is InChI=1S/C10H24N6/c1-3-4-7(2)8(5-15-9(11)12)6-16-10(13)14/h7-8H,3-6H2,1-2H3,(H4,11,12,15)(H4,13,14,16). The molecule has 0 aromatic carbocycles. The van der Waals surface area contributed by atoms with Gasteiger partial charge in [0.15, 0.2) is 11.9 Å². The van der Waals surface area contributed by atoms with E-state index in [1.165, 1.54) is 0 Å². The molecule has 6 nitrogen and oxygen atoms in total. The van der Waals surface area contributed by atoms with Crippen LogP contribution in [0.25, 0.3) is 0 Å². The second-order valence-corrected chi connectivity index (χ2v) is 4.12. The molecule has 0 aliphatic rings. The predicted octanol–water partition coefficient (Wildman–Crippen LogP) is 0.00494. The van der Waals surface area contributed by atoms with E-state index in [2.05, 4.69) is 24.5 Å². The smallest absolute Gasteiger partial charge is 0.185 e. The number of nitrogens with two attached hydrogens (primary N) is 2. The summed E-state index contributed by atoms with van der Waals surface area (Å²) in [5.74, 6) is 0.782. The average Bonchev–Trinajstić information content (AvgIpc) is 2.17. The van der Waals surface area contributed by atoms with Gasteiger partial charge in [0.1, 0.15) is 0 Å². The van der Waals surface area contributed by atoms with Crippen molar-refractivity contribution in [3.8, 4) is 0 Å². The van der Waals surface area contributed by atoms with Crippen LogP contribution in [0.15, 0.2) is 0 Å². The molecule has 0 aromatic rings. The zero-order valence-electron chi connectivity index (χ0n) is 10.1. The Morgan fingerprint density at radius 3 is 1.88 bits per heavy atom. The van der Waals surface area contributed by atoms with Crippen LogP contribution in [0.5, 0.6) is 0 Å². The van der Waals surface area contributed by atoms with Crippen molar-refractivity contribution in [3.05, 3.63) is 0 Å². The lowest BCUT2D eigenvalue weighted by Crippen LogP contribution is -2.42. The third-order valence-corrected chi connectivity index (χ3v) is 2.66. The highest BCUT2D eigenvalue weighted by Crippen LogP contribution is 2.15. The van der Waals surface area contributed by atoms with Gasteiger partial charge in [-0.1, -0.05) is 26.7 Å². The van der Waals surface area contributed by atoms with Crippen LogP contribution in [0.2, 0.25) is 0 Å². The molecule has 0 radical (unpaired) electrons. The number of hydrogen-bond acceptors (Lipinski definition) is 2. The SMILES string of the molecule is CCCC(C)C(CNC(=N)N)CNC(=N)N. The van der Waals surface area contributed by atoms with Gasteiger partial charge in [0.05, 0.1) is 0 Å². The first-order valence-corrected chi connectivity index (χ1v) is 5.63. The summed E-state index contributed by atoms with van der Waals surface area (Å²) in [6.07, 6.45) is 2.24. The Bertz CT molecular complexity index is 209. The van der Waals surface area contributed by atoms with Crippen LogP contribution < -0.4 is 22.1 Å². The summed E-state index contributed by atoms with van der Waals surface area (Å²) in [5, 5.41) is 19.9. The number of guanidine groups is 2. The fourth-order valence-corrected chi connectivity index (χ4v) is 1.65. The summed E-state index contributed by atoms with van der Waals surface area (Å²) >= 11 is 0. The molecule has 0 rings (SSSR count). The van der Waals surface area contributed by atoms with Crippen LogP contribution in [0.3, 0.4) is 0 Å². The van der Waals surface area contributed by atoms with Crippen LogP contribution >= 0.6 is 0 Å². The minimum absolute atomic E-state index is 0.0171. The van der Waals surface area contributed by atoms with E-state index in [0.717, 1.165) is 12.8 Å². The quantitative estimate of drug-likeness (QED) is 0.271. The Morgan fingerprint density at radius 1 is 1.12 bits per heavy atom. The zero-order chi connectivity index (χ0) is 12.6. The molecule has 0 aliphatic carbocycles. The van der Waals surface area contributed by atoms with Gasteiger partial charge in [-0.15, -0.1) is 0 Å². The maximum Gasteiger partial charge on any atom is 0.185 e. The van der Waals surface area contributed by atoms with Gasteiger partial charge < -0.3 is 22.1 Å². The van der Waals surface area contributed by atoms with Gasteiger partial charge in [0.2, 0.25) is 0 Å². The molecule has 1 atom stereocenters. The van der Waals surface area contributed by atoms with E-state index < -0.39 is 0 Å². The molecule has 0 aliphatic heterocycles. The maximum atomic E-state index is 7.13. The highest BCUT2D eigenvalue weighted by molar-refractivity contribution is 5.74. The summed E-state index contributed by atoms with van der Waals surface area (Å²) in [4.78, 5) is 0. The van der Waals surface area contributed by atoms with E-state index >= 15 is 0 Å². The Kier molecular flexibility index (Phi) is 7.07. The molecule has 0 amide bonds.